The van der Waals surface area contributed by atoms with E-state index in [2.05, 4.69) is 34.4 Å². The Labute approximate surface area is 221 Å². The highest BCUT2D eigenvalue weighted by molar-refractivity contribution is 7.90. The average molecular weight is 539 g/mol. The van der Waals surface area contributed by atoms with Crippen LogP contribution >= 0.6 is 0 Å². The Balaban J connectivity index is 1.58. The molecule has 200 valence electrons. The molecule has 0 atom stereocenters. The Morgan fingerprint density at radius 3 is 2.58 bits per heavy atom. The van der Waals surface area contributed by atoms with Gasteiger partial charge in [-0.05, 0) is 55.9 Å². The molecule has 0 aliphatic carbocycles. The smallest absolute Gasteiger partial charge is 0.256 e. The predicted octanol–water partition coefficient (Wildman–Crippen LogP) is 4.00. The van der Waals surface area contributed by atoms with Crippen molar-refractivity contribution in [1.29, 1.82) is 0 Å². The molecular formula is C28H31FN4O4S. The fraction of sp³-hybridized carbons (Fsp3) is 0.286. The summed E-state index contributed by atoms with van der Waals surface area (Å²) in [5, 5.41) is 5.67. The number of sulfone groups is 1. The lowest BCUT2D eigenvalue weighted by Gasteiger charge is -2.17. The third-order valence-electron chi connectivity index (χ3n) is 6.76. The number of aromatic nitrogens is 1. The maximum Gasteiger partial charge on any atom is 0.256 e. The number of nitrogens with one attached hydrogen (secondary N) is 3. The van der Waals surface area contributed by atoms with Gasteiger partial charge in [-0.3, -0.25) is 9.59 Å². The van der Waals surface area contributed by atoms with Crippen molar-refractivity contribution >= 4 is 39.0 Å². The Morgan fingerprint density at radius 2 is 1.87 bits per heavy atom. The lowest BCUT2D eigenvalue weighted by Crippen LogP contribution is -2.34. The van der Waals surface area contributed by atoms with Crippen LogP contribution in [0.4, 0.5) is 10.1 Å². The number of hydrogen-bond acceptors (Lipinski definition) is 5. The maximum absolute atomic E-state index is 14.1. The van der Waals surface area contributed by atoms with Gasteiger partial charge in [0, 0.05) is 41.8 Å². The lowest BCUT2D eigenvalue weighted by atomic mass is 10.0. The van der Waals surface area contributed by atoms with Crippen molar-refractivity contribution in [3.63, 3.8) is 0 Å². The number of benzene rings is 2. The van der Waals surface area contributed by atoms with Gasteiger partial charge in [-0.1, -0.05) is 32.0 Å². The molecule has 0 saturated heterocycles. The Morgan fingerprint density at radius 1 is 1.13 bits per heavy atom. The van der Waals surface area contributed by atoms with Gasteiger partial charge in [0.2, 0.25) is 0 Å². The van der Waals surface area contributed by atoms with Crippen LogP contribution in [0.25, 0.3) is 11.6 Å². The summed E-state index contributed by atoms with van der Waals surface area (Å²) in [4.78, 5) is 30.7. The van der Waals surface area contributed by atoms with Crippen LogP contribution in [0.3, 0.4) is 0 Å². The largest absolute Gasteiger partial charge is 0.361 e. The summed E-state index contributed by atoms with van der Waals surface area (Å²) in [5.74, 6) is -1.69. The maximum atomic E-state index is 14.1. The van der Waals surface area contributed by atoms with Gasteiger partial charge < -0.3 is 20.5 Å². The molecule has 2 amide bonds. The molecule has 0 bridgehead atoms. The lowest BCUT2D eigenvalue weighted by molar-refractivity contribution is -0.110. The van der Waals surface area contributed by atoms with Crippen LogP contribution in [0.5, 0.6) is 0 Å². The normalized spacial score (nSPS) is 14.1. The third kappa shape index (κ3) is 5.71. The van der Waals surface area contributed by atoms with Gasteiger partial charge in [0.05, 0.1) is 21.8 Å². The SMILES string of the molecule is CCN(CC)CCNC(=O)c1c[nH]c(/C=C2\C(=O)Nc3ccc(S(=O)(=O)Cc4ccccc4F)cc32)c1C. The van der Waals surface area contributed by atoms with E-state index in [0.29, 0.717) is 34.6 Å². The molecule has 2 aromatic carbocycles. The van der Waals surface area contributed by atoms with Gasteiger partial charge in [-0.15, -0.1) is 0 Å². The first-order valence-electron chi connectivity index (χ1n) is 12.5. The minimum Gasteiger partial charge on any atom is -0.361 e. The van der Waals surface area contributed by atoms with E-state index in [4.69, 9.17) is 0 Å². The number of aromatic amines is 1. The zero-order valence-electron chi connectivity index (χ0n) is 21.6. The standard InChI is InChI=1S/C28H31FN4O4S/c1-4-33(5-2)13-12-30-27(34)23-16-31-26(18(23)3)15-22-21-14-20(10-11-25(21)32-28(22)35)38(36,37)17-19-8-6-7-9-24(19)29/h6-11,14-16,31H,4-5,12-13,17H2,1-3H3,(H,30,34)(H,32,35)/b22-15-. The monoisotopic (exact) mass is 538 g/mol. The second kappa shape index (κ2) is 11.3. The van der Waals surface area contributed by atoms with Gasteiger partial charge in [0.15, 0.2) is 9.84 Å². The van der Waals surface area contributed by atoms with E-state index in [-0.39, 0.29) is 27.8 Å². The zero-order chi connectivity index (χ0) is 27.4. The molecule has 3 N–H and O–H groups in total. The molecule has 0 fully saturated rings. The highest BCUT2D eigenvalue weighted by Gasteiger charge is 2.28. The zero-order valence-corrected chi connectivity index (χ0v) is 22.4. The van der Waals surface area contributed by atoms with Crippen molar-refractivity contribution in [2.24, 2.45) is 0 Å². The number of amides is 2. The molecule has 1 aliphatic heterocycles. The van der Waals surface area contributed by atoms with Gasteiger partial charge in [-0.2, -0.15) is 0 Å². The number of likely N-dealkylation sites (N-methyl/N-ethyl adjacent to an activating group) is 1. The van der Waals surface area contributed by atoms with Crippen LogP contribution in [0, 0.1) is 12.7 Å². The number of fused-ring (bicyclic) bond motifs is 1. The number of carbonyl (C=O) groups excluding carboxylic acids is 2. The number of halogens is 1. The van der Waals surface area contributed by atoms with Crippen molar-refractivity contribution in [3.05, 3.63) is 82.4 Å². The van der Waals surface area contributed by atoms with Gasteiger partial charge in [0.25, 0.3) is 11.8 Å². The van der Waals surface area contributed by atoms with Crippen LogP contribution in [0.1, 0.15) is 46.6 Å². The summed E-state index contributed by atoms with van der Waals surface area (Å²) >= 11 is 0. The first-order chi connectivity index (χ1) is 18.1. The van der Waals surface area contributed by atoms with Crippen LogP contribution in [0.2, 0.25) is 0 Å². The molecule has 8 nitrogen and oxygen atoms in total. The molecule has 2 heterocycles. The molecule has 38 heavy (non-hydrogen) atoms. The highest BCUT2D eigenvalue weighted by Crippen LogP contribution is 2.36. The first-order valence-corrected chi connectivity index (χ1v) is 14.1. The van der Waals surface area contributed by atoms with E-state index in [0.717, 1.165) is 19.6 Å². The molecule has 0 saturated carbocycles. The van der Waals surface area contributed by atoms with Crippen molar-refractivity contribution in [2.45, 2.75) is 31.4 Å². The van der Waals surface area contributed by atoms with E-state index >= 15 is 0 Å². The Hall–Kier alpha value is -3.76. The summed E-state index contributed by atoms with van der Waals surface area (Å²) in [5.41, 5.74) is 2.94. The summed E-state index contributed by atoms with van der Waals surface area (Å²) in [6.45, 7) is 9.00. The van der Waals surface area contributed by atoms with Gasteiger partial charge in [0.1, 0.15) is 5.82 Å². The summed E-state index contributed by atoms with van der Waals surface area (Å²) in [6.07, 6.45) is 3.20. The average Bonchev–Trinajstić information content (AvgIpc) is 3.41. The molecular weight excluding hydrogens is 507 g/mol. The van der Waals surface area contributed by atoms with Crippen molar-refractivity contribution in [1.82, 2.24) is 15.2 Å². The first kappa shape index (κ1) is 27.3. The molecule has 3 aromatic rings. The molecule has 1 aromatic heterocycles. The van der Waals surface area contributed by atoms with E-state index in [9.17, 15) is 22.4 Å². The number of nitrogens with zero attached hydrogens (tertiary/aromatic N) is 1. The van der Waals surface area contributed by atoms with E-state index in [1.165, 1.54) is 36.4 Å². The molecule has 0 unspecified atom stereocenters. The van der Waals surface area contributed by atoms with Crippen LogP contribution in [-0.2, 0) is 20.4 Å². The fourth-order valence-corrected chi connectivity index (χ4v) is 5.79. The summed E-state index contributed by atoms with van der Waals surface area (Å²) in [6, 6.07) is 10.1. The number of hydrogen-bond donors (Lipinski definition) is 3. The fourth-order valence-electron chi connectivity index (χ4n) is 4.41. The second-order valence-electron chi connectivity index (χ2n) is 9.09. The summed E-state index contributed by atoms with van der Waals surface area (Å²) < 4.78 is 40.2. The minimum atomic E-state index is -3.88. The van der Waals surface area contributed by atoms with Crippen molar-refractivity contribution in [2.75, 3.05) is 31.5 Å². The second-order valence-corrected chi connectivity index (χ2v) is 11.1. The molecule has 10 heteroatoms. The van der Waals surface area contributed by atoms with Crippen LogP contribution < -0.4 is 10.6 Å². The predicted molar refractivity (Wildman–Crippen MR) is 146 cm³/mol. The van der Waals surface area contributed by atoms with E-state index in [1.807, 2.05) is 0 Å². The topological polar surface area (TPSA) is 111 Å². The Bertz CT molecular complexity index is 1510. The number of H-pyrrole nitrogens is 1. The number of anilines is 1. The van der Waals surface area contributed by atoms with Gasteiger partial charge >= 0.3 is 0 Å². The van der Waals surface area contributed by atoms with Crippen LogP contribution in [-0.4, -0.2) is 56.3 Å². The molecule has 0 spiro atoms. The Kier molecular flexibility index (Phi) is 8.13. The quantitative estimate of drug-likeness (QED) is 0.338. The van der Waals surface area contributed by atoms with Crippen molar-refractivity contribution < 1.29 is 22.4 Å². The molecule has 1 aliphatic rings. The number of rotatable bonds is 10. The molecule has 4 rings (SSSR count). The van der Waals surface area contributed by atoms with Crippen LogP contribution in [0.15, 0.2) is 53.6 Å². The van der Waals surface area contributed by atoms with E-state index < -0.39 is 21.4 Å². The summed E-state index contributed by atoms with van der Waals surface area (Å²) in [7, 11) is -3.88. The van der Waals surface area contributed by atoms with Gasteiger partial charge in [-0.25, -0.2) is 12.8 Å². The minimum absolute atomic E-state index is 0.0154. The molecule has 0 radical (unpaired) electrons. The van der Waals surface area contributed by atoms with Crippen molar-refractivity contribution in [3.8, 4) is 0 Å². The number of carbonyl (C=O) groups is 2. The third-order valence-corrected chi connectivity index (χ3v) is 8.42. The van der Waals surface area contributed by atoms with E-state index in [1.54, 1.807) is 25.3 Å². The highest BCUT2D eigenvalue weighted by atomic mass is 32.2.